The molecule has 1 amide bonds. The zero-order valence-corrected chi connectivity index (χ0v) is 17.9. The molecule has 0 radical (unpaired) electrons. The summed E-state index contributed by atoms with van der Waals surface area (Å²) >= 11 is 0. The van der Waals surface area contributed by atoms with Crippen molar-refractivity contribution >= 4 is 17.8 Å². The second-order valence-corrected chi connectivity index (χ2v) is 7.06. The summed E-state index contributed by atoms with van der Waals surface area (Å²) in [5, 5.41) is 6.71. The minimum atomic E-state index is -0.270. The molecule has 3 aromatic rings. The van der Waals surface area contributed by atoms with Crippen molar-refractivity contribution < 1.29 is 19.1 Å². The van der Waals surface area contributed by atoms with Crippen LogP contribution >= 0.6 is 0 Å². The Morgan fingerprint density at radius 1 is 1.00 bits per heavy atom. The fourth-order valence-electron chi connectivity index (χ4n) is 2.87. The topological polar surface area (TPSA) is 69.2 Å². The van der Waals surface area contributed by atoms with E-state index in [-0.39, 0.29) is 12.5 Å². The number of nitrogens with zero attached hydrogens (tertiary/aromatic N) is 1. The Hall–Kier alpha value is -3.80. The van der Waals surface area contributed by atoms with Gasteiger partial charge in [-0.05, 0) is 54.8 Å². The molecular weight excluding hydrogens is 392 g/mol. The zero-order chi connectivity index (χ0) is 22.1. The predicted octanol–water partition coefficient (Wildman–Crippen LogP) is 4.88. The number of carbonyl (C=O) groups is 1. The molecule has 0 aliphatic heterocycles. The van der Waals surface area contributed by atoms with Crippen LogP contribution in [0.4, 0.5) is 5.69 Å². The summed E-state index contributed by atoms with van der Waals surface area (Å²) in [6, 6.07) is 21.2. The van der Waals surface area contributed by atoms with Crippen LogP contribution in [-0.2, 0) is 16.2 Å². The van der Waals surface area contributed by atoms with Crippen LogP contribution < -0.4 is 14.8 Å². The van der Waals surface area contributed by atoms with Gasteiger partial charge in [0.25, 0.3) is 5.91 Å². The second-order valence-electron chi connectivity index (χ2n) is 7.06. The molecule has 0 aromatic heterocycles. The molecule has 0 saturated heterocycles. The first-order chi connectivity index (χ1) is 15.0. The lowest BCUT2D eigenvalue weighted by molar-refractivity contribution is -0.120. The number of amides is 1. The highest BCUT2D eigenvalue weighted by Crippen LogP contribution is 2.28. The molecule has 31 heavy (non-hydrogen) atoms. The van der Waals surface area contributed by atoms with Crippen molar-refractivity contribution in [1.29, 1.82) is 0 Å². The highest BCUT2D eigenvalue weighted by molar-refractivity contribution is 5.92. The number of benzene rings is 3. The van der Waals surface area contributed by atoms with E-state index in [0.717, 1.165) is 27.9 Å². The molecule has 0 saturated carbocycles. The number of anilines is 1. The van der Waals surface area contributed by atoms with Gasteiger partial charge in [-0.3, -0.25) is 4.79 Å². The van der Waals surface area contributed by atoms with Crippen molar-refractivity contribution in [3.63, 3.8) is 0 Å². The van der Waals surface area contributed by atoms with Gasteiger partial charge in [-0.25, -0.2) is 0 Å². The standard InChI is InChI=1S/C25H26N2O4/c1-18-9-10-19(2)22(13-18)27-25(28)17-31-26-15-21-11-12-23(24(14-21)29-3)30-16-20-7-5-4-6-8-20/h4-15H,16-17H2,1-3H3,(H,27,28)/b26-15-. The highest BCUT2D eigenvalue weighted by atomic mass is 16.6. The normalized spacial score (nSPS) is 10.7. The molecule has 6 nitrogen and oxygen atoms in total. The Morgan fingerprint density at radius 2 is 1.81 bits per heavy atom. The first-order valence-electron chi connectivity index (χ1n) is 9.92. The van der Waals surface area contributed by atoms with E-state index < -0.39 is 0 Å². The maximum absolute atomic E-state index is 12.1. The van der Waals surface area contributed by atoms with E-state index in [9.17, 15) is 4.79 Å². The fraction of sp³-hybridized carbons (Fsp3) is 0.200. The number of nitrogens with one attached hydrogen (secondary N) is 1. The Morgan fingerprint density at radius 3 is 2.58 bits per heavy atom. The Labute approximate surface area is 182 Å². The predicted molar refractivity (Wildman–Crippen MR) is 122 cm³/mol. The van der Waals surface area contributed by atoms with Gasteiger partial charge in [0.1, 0.15) is 6.61 Å². The van der Waals surface area contributed by atoms with E-state index in [1.54, 1.807) is 13.2 Å². The molecule has 1 N–H and O–H groups in total. The average Bonchev–Trinajstić information content (AvgIpc) is 2.78. The summed E-state index contributed by atoms with van der Waals surface area (Å²) in [6.07, 6.45) is 1.52. The number of oxime groups is 1. The van der Waals surface area contributed by atoms with Crippen molar-refractivity contribution in [2.75, 3.05) is 19.0 Å². The van der Waals surface area contributed by atoms with Gasteiger partial charge in [-0.1, -0.05) is 47.6 Å². The van der Waals surface area contributed by atoms with Crippen LogP contribution in [0.2, 0.25) is 0 Å². The van der Waals surface area contributed by atoms with Crippen molar-refractivity contribution in [3.05, 3.63) is 89.0 Å². The lowest BCUT2D eigenvalue weighted by atomic mass is 10.1. The third-order valence-corrected chi connectivity index (χ3v) is 4.56. The molecule has 0 aliphatic rings. The van der Waals surface area contributed by atoms with Crippen LogP contribution in [0.3, 0.4) is 0 Å². The molecule has 160 valence electrons. The number of rotatable bonds is 9. The van der Waals surface area contributed by atoms with E-state index in [1.165, 1.54) is 6.21 Å². The number of hydrogen-bond acceptors (Lipinski definition) is 5. The number of methoxy groups -OCH3 is 1. The van der Waals surface area contributed by atoms with Gasteiger partial charge in [0, 0.05) is 11.3 Å². The second kappa shape index (κ2) is 10.8. The minimum absolute atomic E-state index is 0.181. The molecule has 0 heterocycles. The molecule has 3 rings (SSSR count). The fourth-order valence-corrected chi connectivity index (χ4v) is 2.87. The minimum Gasteiger partial charge on any atom is -0.493 e. The maximum Gasteiger partial charge on any atom is 0.265 e. The quantitative estimate of drug-likeness (QED) is 0.397. The largest absolute Gasteiger partial charge is 0.493 e. The Kier molecular flexibility index (Phi) is 7.65. The van der Waals surface area contributed by atoms with Crippen molar-refractivity contribution in [2.45, 2.75) is 20.5 Å². The molecule has 0 fully saturated rings. The van der Waals surface area contributed by atoms with Crippen LogP contribution in [0.15, 0.2) is 71.9 Å². The van der Waals surface area contributed by atoms with Crippen LogP contribution in [0, 0.1) is 13.8 Å². The van der Waals surface area contributed by atoms with E-state index >= 15 is 0 Å². The lowest BCUT2D eigenvalue weighted by Gasteiger charge is -2.11. The average molecular weight is 418 g/mol. The highest BCUT2D eigenvalue weighted by Gasteiger charge is 2.07. The summed E-state index contributed by atoms with van der Waals surface area (Å²) in [6.45, 7) is 4.18. The summed E-state index contributed by atoms with van der Waals surface area (Å²) in [5.74, 6) is 0.956. The Bertz CT molecular complexity index is 1050. The van der Waals surface area contributed by atoms with Gasteiger partial charge in [-0.15, -0.1) is 0 Å². The number of ether oxygens (including phenoxy) is 2. The third kappa shape index (κ3) is 6.60. The van der Waals surface area contributed by atoms with Crippen molar-refractivity contribution in [2.24, 2.45) is 5.16 Å². The molecule has 0 aliphatic carbocycles. The summed E-state index contributed by atoms with van der Waals surface area (Å²) in [5.41, 5.74) is 4.67. The maximum atomic E-state index is 12.1. The number of carbonyl (C=O) groups excluding carboxylic acids is 1. The first-order valence-corrected chi connectivity index (χ1v) is 9.92. The molecule has 0 spiro atoms. The molecule has 3 aromatic carbocycles. The van der Waals surface area contributed by atoms with Gasteiger partial charge in [0.2, 0.25) is 0 Å². The van der Waals surface area contributed by atoms with Gasteiger partial charge in [0.15, 0.2) is 18.1 Å². The smallest absolute Gasteiger partial charge is 0.265 e. The van der Waals surface area contributed by atoms with Crippen molar-refractivity contribution in [1.82, 2.24) is 0 Å². The summed E-state index contributed by atoms with van der Waals surface area (Å²) < 4.78 is 11.3. The molecule has 0 bridgehead atoms. The van der Waals surface area contributed by atoms with E-state index in [0.29, 0.717) is 18.1 Å². The molecule has 0 atom stereocenters. The van der Waals surface area contributed by atoms with Crippen LogP contribution in [-0.4, -0.2) is 25.8 Å². The van der Waals surface area contributed by atoms with Gasteiger partial charge >= 0.3 is 0 Å². The first kappa shape index (κ1) is 21.9. The van der Waals surface area contributed by atoms with E-state index in [1.807, 2.05) is 74.5 Å². The lowest BCUT2D eigenvalue weighted by Crippen LogP contribution is -2.17. The Balaban J connectivity index is 1.52. The van der Waals surface area contributed by atoms with Crippen LogP contribution in [0.25, 0.3) is 0 Å². The number of aryl methyl sites for hydroxylation is 2. The number of hydrogen-bond donors (Lipinski definition) is 1. The van der Waals surface area contributed by atoms with E-state index in [2.05, 4.69) is 10.5 Å². The van der Waals surface area contributed by atoms with Gasteiger partial charge < -0.3 is 19.6 Å². The molecule has 0 unspecified atom stereocenters. The molecular formula is C25H26N2O4. The van der Waals surface area contributed by atoms with Gasteiger partial charge in [0.05, 0.1) is 13.3 Å². The summed E-state index contributed by atoms with van der Waals surface area (Å²) in [4.78, 5) is 17.2. The zero-order valence-electron chi connectivity index (χ0n) is 17.9. The monoisotopic (exact) mass is 418 g/mol. The van der Waals surface area contributed by atoms with Crippen molar-refractivity contribution in [3.8, 4) is 11.5 Å². The third-order valence-electron chi connectivity index (χ3n) is 4.56. The summed E-state index contributed by atoms with van der Waals surface area (Å²) in [7, 11) is 1.58. The van der Waals surface area contributed by atoms with Crippen LogP contribution in [0.5, 0.6) is 11.5 Å². The van der Waals surface area contributed by atoms with Gasteiger partial charge in [-0.2, -0.15) is 0 Å². The van der Waals surface area contributed by atoms with Crippen LogP contribution in [0.1, 0.15) is 22.3 Å². The SMILES string of the molecule is COc1cc(/C=N\OCC(=O)Nc2cc(C)ccc2C)ccc1OCc1ccccc1. The molecule has 6 heteroatoms. The van der Waals surface area contributed by atoms with E-state index in [4.69, 9.17) is 14.3 Å².